The molecule has 1 atom stereocenters. The zero-order chi connectivity index (χ0) is 18.8. The molecule has 2 aliphatic rings. The van der Waals surface area contributed by atoms with E-state index < -0.39 is 0 Å². The normalized spacial score (nSPS) is 19.7. The highest BCUT2D eigenvalue weighted by molar-refractivity contribution is 6.30. The van der Waals surface area contributed by atoms with E-state index in [2.05, 4.69) is 0 Å². The Morgan fingerprint density at radius 2 is 2.04 bits per heavy atom. The molecule has 1 amide bonds. The minimum Gasteiger partial charge on any atom is -0.504 e. The fraction of sp³-hybridized carbons (Fsp3) is 0.381. The summed E-state index contributed by atoms with van der Waals surface area (Å²) >= 11 is 6.10. The first-order valence-electron chi connectivity index (χ1n) is 9.27. The number of phenolic OH excluding ortho intramolecular Hbond substituents is 1. The first-order valence-corrected chi connectivity index (χ1v) is 9.64. The number of carbonyl (C=O) groups excluding carboxylic acids is 1. The van der Waals surface area contributed by atoms with Gasteiger partial charge in [-0.1, -0.05) is 23.7 Å². The number of phenols is 1. The van der Waals surface area contributed by atoms with Crippen molar-refractivity contribution in [1.82, 2.24) is 4.90 Å². The minimum absolute atomic E-state index is 0.00111. The Hall–Kier alpha value is -2.24. The van der Waals surface area contributed by atoms with Gasteiger partial charge in [-0.15, -0.1) is 0 Å². The smallest absolute Gasteiger partial charge is 0.252 e. The van der Waals surface area contributed by atoms with Crippen LogP contribution < -0.4 is 4.74 Å². The van der Waals surface area contributed by atoms with E-state index in [9.17, 15) is 9.90 Å². The zero-order valence-electron chi connectivity index (χ0n) is 15.0. The lowest BCUT2D eigenvalue weighted by Crippen LogP contribution is -2.42. The molecule has 0 saturated carbocycles. The molecular weight excluding hydrogens is 366 g/mol. The van der Waals surface area contributed by atoms with Crippen LogP contribution in [-0.2, 0) is 16.1 Å². The molecule has 0 bridgehead atoms. The molecule has 27 heavy (non-hydrogen) atoms. The molecule has 1 saturated heterocycles. The molecule has 6 heteroatoms. The molecule has 2 aliphatic heterocycles. The van der Waals surface area contributed by atoms with Crippen molar-refractivity contribution in [3.8, 4) is 22.6 Å². The van der Waals surface area contributed by atoms with Gasteiger partial charge in [0.2, 0.25) is 0 Å². The van der Waals surface area contributed by atoms with Crippen LogP contribution in [0.15, 0.2) is 36.4 Å². The maximum atomic E-state index is 12.9. The van der Waals surface area contributed by atoms with Crippen molar-refractivity contribution in [2.45, 2.75) is 31.9 Å². The van der Waals surface area contributed by atoms with E-state index in [1.54, 1.807) is 11.0 Å². The third-order valence-electron chi connectivity index (χ3n) is 5.04. The second-order valence-electron chi connectivity index (χ2n) is 6.96. The van der Waals surface area contributed by atoms with Crippen molar-refractivity contribution < 1.29 is 19.4 Å². The standard InChI is InChI=1S/C21H22ClNO4/c22-17-5-3-4-14(11-17)15-10-16-13-23(7-9-27-20(16)18(24)12-15)21(25)19-6-1-2-8-26-19/h3-5,10-12,19,24H,1-2,6-9,13H2/t19-/m1/s1. The SMILES string of the molecule is O=C([C@H]1CCCCO1)N1CCOc2c(O)cc(-c3cccc(Cl)c3)cc2C1. The van der Waals surface area contributed by atoms with Crippen LogP contribution in [0.1, 0.15) is 24.8 Å². The summed E-state index contributed by atoms with van der Waals surface area (Å²) in [5, 5.41) is 11.1. The number of carbonyl (C=O) groups is 1. The molecule has 2 heterocycles. The lowest BCUT2D eigenvalue weighted by Gasteiger charge is -2.28. The fourth-order valence-corrected chi connectivity index (χ4v) is 3.85. The number of halogens is 1. The van der Waals surface area contributed by atoms with E-state index in [4.69, 9.17) is 21.1 Å². The summed E-state index contributed by atoms with van der Waals surface area (Å²) in [6, 6.07) is 11.1. The van der Waals surface area contributed by atoms with Crippen LogP contribution in [0.4, 0.5) is 0 Å². The van der Waals surface area contributed by atoms with Gasteiger partial charge in [-0.2, -0.15) is 0 Å². The van der Waals surface area contributed by atoms with Crippen LogP contribution >= 0.6 is 11.6 Å². The summed E-state index contributed by atoms with van der Waals surface area (Å²) < 4.78 is 11.4. The van der Waals surface area contributed by atoms with Gasteiger partial charge in [-0.25, -0.2) is 0 Å². The Bertz CT molecular complexity index is 848. The first-order chi connectivity index (χ1) is 13.1. The van der Waals surface area contributed by atoms with Crippen LogP contribution in [0.3, 0.4) is 0 Å². The molecular formula is C21H22ClNO4. The molecule has 0 unspecified atom stereocenters. The monoisotopic (exact) mass is 387 g/mol. The number of aromatic hydroxyl groups is 1. The predicted molar refractivity (Wildman–Crippen MR) is 103 cm³/mol. The zero-order valence-corrected chi connectivity index (χ0v) is 15.7. The van der Waals surface area contributed by atoms with Crippen molar-refractivity contribution in [3.63, 3.8) is 0 Å². The van der Waals surface area contributed by atoms with Gasteiger partial charge in [0.1, 0.15) is 12.7 Å². The van der Waals surface area contributed by atoms with Crippen molar-refractivity contribution in [2.24, 2.45) is 0 Å². The molecule has 0 radical (unpaired) electrons. The van der Waals surface area contributed by atoms with Crippen LogP contribution in [0.25, 0.3) is 11.1 Å². The van der Waals surface area contributed by atoms with Crippen LogP contribution in [0.2, 0.25) is 5.02 Å². The van der Waals surface area contributed by atoms with Gasteiger partial charge < -0.3 is 19.5 Å². The number of ether oxygens (including phenoxy) is 2. The molecule has 4 rings (SSSR count). The van der Waals surface area contributed by atoms with Gasteiger partial charge in [0, 0.05) is 23.7 Å². The summed E-state index contributed by atoms with van der Waals surface area (Å²) in [6.45, 7) is 1.84. The quantitative estimate of drug-likeness (QED) is 0.846. The van der Waals surface area contributed by atoms with E-state index in [1.165, 1.54) is 0 Å². The van der Waals surface area contributed by atoms with Gasteiger partial charge >= 0.3 is 0 Å². The third kappa shape index (κ3) is 3.89. The Morgan fingerprint density at radius 1 is 1.15 bits per heavy atom. The Labute approximate surface area is 163 Å². The highest BCUT2D eigenvalue weighted by Gasteiger charge is 2.29. The molecule has 1 N–H and O–H groups in total. The minimum atomic E-state index is -0.370. The van der Waals surface area contributed by atoms with Gasteiger partial charge in [-0.3, -0.25) is 4.79 Å². The number of benzene rings is 2. The number of hydrogen-bond acceptors (Lipinski definition) is 4. The van der Waals surface area contributed by atoms with Crippen molar-refractivity contribution in [3.05, 3.63) is 47.0 Å². The largest absolute Gasteiger partial charge is 0.504 e. The van der Waals surface area contributed by atoms with Gasteiger partial charge in [0.05, 0.1) is 6.54 Å². The average Bonchev–Trinajstić information content (AvgIpc) is 2.91. The molecule has 142 valence electrons. The summed E-state index contributed by atoms with van der Waals surface area (Å²) in [7, 11) is 0. The summed E-state index contributed by atoms with van der Waals surface area (Å²) in [5.74, 6) is 0.519. The second kappa shape index (κ2) is 7.79. The highest BCUT2D eigenvalue weighted by Crippen LogP contribution is 2.38. The van der Waals surface area contributed by atoms with Crippen LogP contribution in [0.5, 0.6) is 11.5 Å². The van der Waals surface area contributed by atoms with Crippen LogP contribution in [0, 0.1) is 0 Å². The predicted octanol–water partition coefficient (Wildman–Crippen LogP) is 4.00. The molecule has 2 aromatic rings. The summed E-state index contributed by atoms with van der Waals surface area (Å²) in [5.41, 5.74) is 2.52. The second-order valence-corrected chi connectivity index (χ2v) is 7.39. The van der Waals surface area contributed by atoms with Gasteiger partial charge in [0.15, 0.2) is 11.5 Å². The van der Waals surface area contributed by atoms with E-state index in [0.29, 0.717) is 37.1 Å². The van der Waals surface area contributed by atoms with Crippen LogP contribution in [-0.4, -0.2) is 41.8 Å². The molecule has 1 fully saturated rings. The van der Waals surface area contributed by atoms with Gasteiger partial charge in [-0.05, 0) is 54.7 Å². The third-order valence-corrected chi connectivity index (χ3v) is 5.27. The lowest BCUT2D eigenvalue weighted by molar-refractivity contribution is -0.147. The van der Waals surface area contributed by atoms with Crippen molar-refractivity contribution >= 4 is 17.5 Å². The lowest BCUT2D eigenvalue weighted by atomic mass is 10.0. The molecule has 0 spiro atoms. The highest BCUT2D eigenvalue weighted by atomic mass is 35.5. The fourth-order valence-electron chi connectivity index (χ4n) is 3.66. The number of rotatable bonds is 2. The van der Waals surface area contributed by atoms with Gasteiger partial charge in [0.25, 0.3) is 5.91 Å². The summed E-state index contributed by atoms with van der Waals surface area (Å²) in [4.78, 5) is 14.6. The van der Waals surface area contributed by atoms with Crippen molar-refractivity contribution in [2.75, 3.05) is 19.8 Å². The van der Waals surface area contributed by atoms with E-state index in [0.717, 1.165) is 36.0 Å². The molecule has 0 aliphatic carbocycles. The molecule has 2 aromatic carbocycles. The first kappa shape index (κ1) is 18.1. The number of hydrogen-bond donors (Lipinski definition) is 1. The molecule has 0 aromatic heterocycles. The Kier molecular flexibility index (Phi) is 5.23. The summed E-state index contributed by atoms with van der Waals surface area (Å²) in [6.07, 6.45) is 2.41. The van der Waals surface area contributed by atoms with E-state index >= 15 is 0 Å². The molecule has 5 nitrogen and oxygen atoms in total. The van der Waals surface area contributed by atoms with E-state index in [-0.39, 0.29) is 17.8 Å². The number of amides is 1. The topological polar surface area (TPSA) is 59.0 Å². The number of nitrogens with zero attached hydrogens (tertiary/aromatic N) is 1. The van der Waals surface area contributed by atoms with E-state index in [1.807, 2.05) is 30.3 Å². The maximum absolute atomic E-state index is 12.9. The number of fused-ring (bicyclic) bond motifs is 1. The Balaban J connectivity index is 1.63. The van der Waals surface area contributed by atoms with Crippen molar-refractivity contribution in [1.29, 1.82) is 0 Å². The average molecular weight is 388 g/mol. The maximum Gasteiger partial charge on any atom is 0.252 e. The Morgan fingerprint density at radius 3 is 2.81 bits per heavy atom.